The zero-order valence-electron chi connectivity index (χ0n) is 16.8. The predicted octanol–water partition coefficient (Wildman–Crippen LogP) is 2.27. The molecule has 0 aliphatic heterocycles. The normalized spacial score (nSPS) is 16.3. The van der Waals surface area contributed by atoms with Crippen molar-refractivity contribution in [2.75, 3.05) is 11.5 Å². The van der Waals surface area contributed by atoms with Gasteiger partial charge in [0.2, 0.25) is 0 Å². The van der Waals surface area contributed by atoms with Gasteiger partial charge in [0.25, 0.3) is 20.2 Å². The van der Waals surface area contributed by atoms with Crippen LogP contribution in [0.3, 0.4) is 0 Å². The topological polar surface area (TPSA) is 149 Å². The second-order valence-corrected chi connectivity index (χ2v) is 12.0. The Kier molecular flexibility index (Phi) is 10.4. The first kappa shape index (κ1) is 26.7. The molecule has 2 atom stereocenters. The van der Waals surface area contributed by atoms with Crippen molar-refractivity contribution in [3.63, 3.8) is 0 Å². The second kappa shape index (κ2) is 10.5. The maximum absolute atomic E-state index is 11.0. The van der Waals surface area contributed by atoms with Gasteiger partial charge in [-0.25, -0.2) is 0 Å². The van der Waals surface area contributed by atoms with Crippen LogP contribution in [0.5, 0.6) is 0 Å². The Hall–Kier alpha value is -0.260. The molecule has 0 saturated carbocycles. The average molecular weight is 433 g/mol. The molecule has 0 saturated heterocycles. The molecule has 0 rings (SSSR count). The third-order valence-corrected chi connectivity index (χ3v) is 6.82. The molecule has 0 amide bonds. The number of aliphatic hydroxyl groups excluding tert-OH is 2. The highest BCUT2D eigenvalue weighted by molar-refractivity contribution is 7.86. The van der Waals surface area contributed by atoms with E-state index in [9.17, 15) is 27.0 Å². The van der Waals surface area contributed by atoms with E-state index in [4.69, 9.17) is 9.11 Å². The van der Waals surface area contributed by atoms with Gasteiger partial charge in [0.05, 0.1) is 23.7 Å². The molecule has 0 heterocycles. The van der Waals surface area contributed by atoms with Gasteiger partial charge in [-0.2, -0.15) is 16.8 Å². The van der Waals surface area contributed by atoms with Crippen LogP contribution in [0.1, 0.15) is 72.6 Å². The Labute approximate surface area is 163 Å². The van der Waals surface area contributed by atoms with Crippen molar-refractivity contribution in [2.45, 2.75) is 84.8 Å². The van der Waals surface area contributed by atoms with Gasteiger partial charge >= 0.3 is 0 Å². The summed E-state index contributed by atoms with van der Waals surface area (Å²) in [5, 5.41) is 20.0. The standard InChI is InChI=1S/C17H36O8S2/c1-16(2,12-26(20,21)22)10-8-14(18)6-5-7-15(19)9-11-17(3,4)13-27(23,24)25/h14-15,18-19H,5-13H2,1-4H3,(H,20,21,22)(H,23,24,25). The fourth-order valence-electron chi connectivity index (χ4n) is 3.12. The lowest BCUT2D eigenvalue weighted by atomic mass is 9.87. The molecule has 2 unspecified atom stereocenters. The maximum Gasteiger partial charge on any atom is 0.265 e. The smallest absolute Gasteiger partial charge is 0.265 e. The Morgan fingerprint density at radius 2 is 0.963 bits per heavy atom. The van der Waals surface area contributed by atoms with Crippen molar-refractivity contribution in [3.8, 4) is 0 Å². The molecular formula is C17H36O8S2. The molecule has 0 aromatic rings. The summed E-state index contributed by atoms with van der Waals surface area (Å²) in [4.78, 5) is 0. The van der Waals surface area contributed by atoms with E-state index < -0.39 is 43.3 Å². The Morgan fingerprint density at radius 1 is 0.667 bits per heavy atom. The fraction of sp³-hybridized carbons (Fsp3) is 1.00. The van der Waals surface area contributed by atoms with Crippen molar-refractivity contribution >= 4 is 20.2 Å². The zero-order valence-corrected chi connectivity index (χ0v) is 18.4. The lowest BCUT2D eigenvalue weighted by Crippen LogP contribution is -2.25. The highest BCUT2D eigenvalue weighted by atomic mass is 32.2. The van der Waals surface area contributed by atoms with Crippen LogP contribution in [-0.4, -0.2) is 59.9 Å². The third-order valence-electron chi connectivity index (χ3n) is 4.53. The average Bonchev–Trinajstić information content (AvgIpc) is 2.38. The molecule has 0 aromatic carbocycles. The molecule has 10 heteroatoms. The van der Waals surface area contributed by atoms with Crippen LogP contribution in [-0.2, 0) is 20.2 Å². The zero-order chi connectivity index (χ0) is 21.5. The minimum absolute atomic E-state index is 0.356. The lowest BCUT2D eigenvalue weighted by Gasteiger charge is -2.25. The summed E-state index contributed by atoms with van der Waals surface area (Å²) in [6.07, 6.45) is 1.98. The van der Waals surface area contributed by atoms with Crippen molar-refractivity contribution in [1.82, 2.24) is 0 Å². The third kappa shape index (κ3) is 16.4. The number of rotatable bonds is 14. The van der Waals surface area contributed by atoms with Crippen LogP contribution >= 0.6 is 0 Å². The molecular weight excluding hydrogens is 396 g/mol. The SMILES string of the molecule is CC(C)(CCC(O)CCCC(O)CCC(C)(C)CS(=O)(=O)O)CS(=O)(=O)O. The molecule has 27 heavy (non-hydrogen) atoms. The summed E-state index contributed by atoms with van der Waals surface area (Å²) in [5.74, 6) is -0.713. The van der Waals surface area contributed by atoms with E-state index in [0.717, 1.165) is 0 Å². The molecule has 8 nitrogen and oxygen atoms in total. The summed E-state index contributed by atoms with van der Waals surface area (Å²) in [5.41, 5.74) is -1.26. The van der Waals surface area contributed by atoms with Crippen LogP contribution in [0.2, 0.25) is 0 Å². The van der Waals surface area contributed by atoms with Gasteiger partial charge in [0.1, 0.15) is 0 Å². The van der Waals surface area contributed by atoms with Crippen LogP contribution in [0.4, 0.5) is 0 Å². The first-order chi connectivity index (χ1) is 11.9. The highest BCUT2D eigenvalue weighted by Crippen LogP contribution is 2.27. The van der Waals surface area contributed by atoms with E-state index in [1.165, 1.54) is 0 Å². The van der Waals surface area contributed by atoms with Gasteiger partial charge in [-0.15, -0.1) is 0 Å². The molecule has 0 radical (unpaired) electrons. The van der Waals surface area contributed by atoms with Gasteiger partial charge in [0, 0.05) is 0 Å². The fourth-order valence-corrected chi connectivity index (χ4v) is 5.39. The van der Waals surface area contributed by atoms with Gasteiger partial charge in [-0.05, 0) is 55.8 Å². The number of hydrogen-bond donors (Lipinski definition) is 4. The molecule has 0 aliphatic rings. The second-order valence-electron chi connectivity index (χ2n) is 9.10. The summed E-state index contributed by atoms with van der Waals surface area (Å²) < 4.78 is 61.7. The molecule has 4 N–H and O–H groups in total. The van der Waals surface area contributed by atoms with Crippen molar-refractivity contribution in [1.29, 1.82) is 0 Å². The first-order valence-corrected chi connectivity index (χ1v) is 12.4. The van der Waals surface area contributed by atoms with E-state index >= 15 is 0 Å². The minimum Gasteiger partial charge on any atom is -0.393 e. The number of hydrogen-bond acceptors (Lipinski definition) is 6. The van der Waals surface area contributed by atoms with Gasteiger partial charge in [-0.3, -0.25) is 9.11 Å². The Balaban J connectivity index is 4.11. The van der Waals surface area contributed by atoms with Crippen molar-refractivity contribution < 1.29 is 36.2 Å². The van der Waals surface area contributed by atoms with Crippen LogP contribution < -0.4 is 0 Å². The van der Waals surface area contributed by atoms with Gasteiger partial charge in [0.15, 0.2) is 0 Å². The Bertz CT molecular complexity index is 582. The van der Waals surface area contributed by atoms with E-state index in [0.29, 0.717) is 44.9 Å². The molecule has 0 bridgehead atoms. The van der Waals surface area contributed by atoms with E-state index in [1.807, 2.05) is 0 Å². The van der Waals surface area contributed by atoms with Crippen molar-refractivity contribution in [2.24, 2.45) is 10.8 Å². The van der Waals surface area contributed by atoms with Gasteiger partial charge < -0.3 is 10.2 Å². The number of aliphatic hydroxyl groups is 2. The summed E-state index contributed by atoms with van der Waals surface area (Å²) in [7, 11) is -8.11. The van der Waals surface area contributed by atoms with Crippen molar-refractivity contribution in [3.05, 3.63) is 0 Å². The van der Waals surface area contributed by atoms with Crippen LogP contribution in [0.15, 0.2) is 0 Å². The van der Waals surface area contributed by atoms with Crippen LogP contribution in [0.25, 0.3) is 0 Å². The van der Waals surface area contributed by atoms with E-state index in [-0.39, 0.29) is 11.5 Å². The van der Waals surface area contributed by atoms with Crippen LogP contribution in [0, 0.1) is 10.8 Å². The largest absolute Gasteiger partial charge is 0.393 e. The summed E-state index contributed by atoms with van der Waals surface area (Å²) in [6, 6.07) is 0. The van der Waals surface area contributed by atoms with E-state index in [2.05, 4.69) is 0 Å². The predicted molar refractivity (Wildman–Crippen MR) is 105 cm³/mol. The Morgan fingerprint density at radius 3 is 1.22 bits per heavy atom. The highest BCUT2D eigenvalue weighted by Gasteiger charge is 2.27. The molecule has 0 aliphatic carbocycles. The first-order valence-electron chi connectivity index (χ1n) is 9.17. The summed E-state index contributed by atoms with van der Waals surface area (Å²) >= 11 is 0. The summed E-state index contributed by atoms with van der Waals surface area (Å²) in [6.45, 7) is 6.86. The monoisotopic (exact) mass is 432 g/mol. The molecule has 164 valence electrons. The molecule has 0 fully saturated rings. The maximum atomic E-state index is 11.0. The quantitative estimate of drug-likeness (QED) is 0.305. The molecule has 0 aromatic heterocycles. The van der Waals surface area contributed by atoms with E-state index in [1.54, 1.807) is 27.7 Å². The lowest BCUT2D eigenvalue weighted by molar-refractivity contribution is 0.109. The van der Waals surface area contributed by atoms with Gasteiger partial charge in [-0.1, -0.05) is 27.7 Å². The molecule has 0 spiro atoms. The minimum atomic E-state index is -4.06.